The van der Waals surface area contributed by atoms with Crippen LogP contribution < -0.4 is 0 Å². The number of carbonyl (C=O) groups excluding carboxylic acids is 1. The molecular weight excluding hydrogens is 378 g/mol. The van der Waals surface area contributed by atoms with Crippen molar-refractivity contribution in [1.29, 1.82) is 0 Å². The lowest BCUT2D eigenvalue weighted by molar-refractivity contribution is -0.122. The number of amidine groups is 1. The Kier molecular flexibility index (Phi) is 5.43. The zero-order chi connectivity index (χ0) is 20.6. The maximum absolute atomic E-state index is 12.2. The van der Waals surface area contributed by atoms with Crippen LogP contribution in [-0.4, -0.2) is 40.1 Å². The van der Waals surface area contributed by atoms with Gasteiger partial charge in [0.2, 0.25) is 0 Å². The molecule has 2 aromatic rings. The second kappa shape index (κ2) is 7.86. The molecule has 4 rings (SSSR count). The van der Waals surface area contributed by atoms with Crippen LogP contribution in [0, 0.1) is 20.8 Å². The summed E-state index contributed by atoms with van der Waals surface area (Å²) < 4.78 is 1.96. The van der Waals surface area contributed by atoms with E-state index in [1.807, 2.05) is 11.5 Å². The minimum absolute atomic E-state index is 0.0156. The lowest BCUT2D eigenvalue weighted by Crippen LogP contribution is -2.49. The van der Waals surface area contributed by atoms with Gasteiger partial charge >= 0.3 is 0 Å². The first-order chi connectivity index (χ1) is 13.9. The van der Waals surface area contributed by atoms with Gasteiger partial charge in [-0.2, -0.15) is 0 Å². The Morgan fingerprint density at radius 1 is 1.07 bits per heavy atom. The van der Waals surface area contributed by atoms with Gasteiger partial charge in [-0.25, -0.2) is 4.41 Å². The maximum Gasteiger partial charge on any atom is 0.158 e. The molecule has 1 heterocycles. The Hall–Kier alpha value is -2.27. The minimum atomic E-state index is -0.0156. The molecule has 0 aromatic heterocycles. The summed E-state index contributed by atoms with van der Waals surface area (Å²) in [6.45, 7) is 7.16. The molecule has 2 fully saturated rings. The number of likely N-dealkylation sites (tertiary alicyclic amines) is 1. The predicted molar refractivity (Wildman–Crippen MR) is 120 cm³/mol. The van der Waals surface area contributed by atoms with Crippen molar-refractivity contribution in [3.63, 3.8) is 0 Å². The normalized spacial score (nSPS) is 18.3. The van der Waals surface area contributed by atoms with Gasteiger partial charge in [0.15, 0.2) is 5.84 Å². The molecule has 0 N–H and O–H groups in total. The number of hydrogen-bond donors (Lipinski definition) is 0. The number of piperidine rings is 1. The molecular formula is C24H29N3OS. The summed E-state index contributed by atoms with van der Waals surface area (Å²) in [5.74, 6) is 1.40. The summed E-state index contributed by atoms with van der Waals surface area (Å²) in [6, 6.07) is 14.9. The smallest absolute Gasteiger partial charge is 0.158 e. The van der Waals surface area contributed by atoms with E-state index in [2.05, 4.69) is 68.1 Å². The van der Waals surface area contributed by atoms with Crippen molar-refractivity contribution in [3.8, 4) is 0 Å². The zero-order valence-corrected chi connectivity index (χ0v) is 18.6. The van der Waals surface area contributed by atoms with E-state index >= 15 is 0 Å². The Morgan fingerprint density at radius 3 is 2.34 bits per heavy atom. The fourth-order valence-electron chi connectivity index (χ4n) is 4.26. The van der Waals surface area contributed by atoms with Crippen LogP contribution >= 0.6 is 11.9 Å². The predicted octanol–water partition coefficient (Wildman–Crippen LogP) is 5.11. The Labute approximate surface area is 178 Å². The topological polar surface area (TPSA) is 35.9 Å². The van der Waals surface area contributed by atoms with Crippen LogP contribution in [0.15, 0.2) is 52.5 Å². The summed E-state index contributed by atoms with van der Waals surface area (Å²) in [7, 11) is 2.01. The quantitative estimate of drug-likeness (QED) is 0.305. The van der Waals surface area contributed by atoms with E-state index in [9.17, 15) is 4.79 Å². The maximum atomic E-state index is 12.2. The molecule has 2 aromatic carbocycles. The molecule has 5 heteroatoms. The van der Waals surface area contributed by atoms with Gasteiger partial charge in [0.1, 0.15) is 5.78 Å². The number of rotatable bonds is 4. The second-order valence-corrected chi connectivity index (χ2v) is 9.58. The summed E-state index contributed by atoms with van der Waals surface area (Å²) in [5.41, 5.74) is 4.89. The number of nitrogens with zero attached hydrogens (tertiary/aromatic N) is 3. The van der Waals surface area contributed by atoms with Gasteiger partial charge in [-0.1, -0.05) is 35.9 Å². The van der Waals surface area contributed by atoms with E-state index < -0.39 is 0 Å². The highest BCUT2D eigenvalue weighted by molar-refractivity contribution is 7.97. The van der Waals surface area contributed by atoms with Crippen LogP contribution in [0.2, 0.25) is 0 Å². The second-order valence-electron chi connectivity index (χ2n) is 8.40. The van der Waals surface area contributed by atoms with Crippen molar-refractivity contribution in [1.82, 2.24) is 9.31 Å². The fraction of sp³-hybridized carbons (Fsp3) is 0.417. The standard InChI is InChI=1S/C24H29N3OS/c1-17-8-10-21(11-9-17)29-26(4)25-23(22-18(2)6-5-7-19(22)3)27-15-12-20(28)16-24(27)13-14-24/h5-11H,12-16H2,1-4H3/b25-23+. The van der Waals surface area contributed by atoms with Crippen LogP contribution in [0.4, 0.5) is 0 Å². The third kappa shape index (κ3) is 4.20. The summed E-state index contributed by atoms with van der Waals surface area (Å²) >= 11 is 1.62. The number of hydrogen-bond acceptors (Lipinski definition) is 4. The van der Waals surface area contributed by atoms with Crippen LogP contribution in [0.5, 0.6) is 0 Å². The molecule has 0 amide bonds. The van der Waals surface area contributed by atoms with Crippen molar-refractivity contribution < 1.29 is 4.79 Å². The molecule has 1 aliphatic carbocycles. The van der Waals surface area contributed by atoms with E-state index in [0.29, 0.717) is 18.6 Å². The molecule has 0 bridgehead atoms. The van der Waals surface area contributed by atoms with Gasteiger partial charge in [-0.05, 0) is 56.9 Å². The number of hydrazone groups is 1. The number of ketones is 1. The largest absolute Gasteiger partial charge is 0.348 e. The summed E-state index contributed by atoms with van der Waals surface area (Å²) in [6.07, 6.45) is 3.43. The first kappa shape index (κ1) is 20.0. The molecule has 1 spiro atoms. The van der Waals surface area contributed by atoms with E-state index in [0.717, 1.165) is 30.1 Å². The van der Waals surface area contributed by atoms with Gasteiger partial charge < -0.3 is 4.90 Å². The molecule has 0 radical (unpaired) electrons. The molecule has 0 unspecified atom stereocenters. The molecule has 1 saturated carbocycles. The first-order valence-electron chi connectivity index (χ1n) is 10.3. The molecule has 0 atom stereocenters. The van der Waals surface area contributed by atoms with E-state index in [4.69, 9.17) is 5.10 Å². The van der Waals surface area contributed by atoms with Gasteiger partial charge in [0.25, 0.3) is 0 Å². The molecule has 152 valence electrons. The lowest BCUT2D eigenvalue weighted by atomic mass is 9.94. The molecule has 4 nitrogen and oxygen atoms in total. The van der Waals surface area contributed by atoms with E-state index in [-0.39, 0.29) is 5.54 Å². The van der Waals surface area contributed by atoms with Crippen molar-refractivity contribution in [3.05, 3.63) is 64.7 Å². The first-order valence-corrected chi connectivity index (χ1v) is 11.1. The number of carbonyl (C=O) groups is 1. The van der Waals surface area contributed by atoms with Crippen LogP contribution in [0.1, 0.15) is 47.9 Å². The van der Waals surface area contributed by atoms with Crippen molar-refractivity contribution >= 4 is 23.6 Å². The van der Waals surface area contributed by atoms with Crippen LogP contribution in [0.25, 0.3) is 0 Å². The average molecular weight is 408 g/mol. The number of benzene rings is 2. The Balaban J connectivity index is 1.71. The summed E-state index contributed by atoms with van der Waals surface area (Å²) in [5, 5.41) is 5.10. The monoisotopic (exact) mass is 407 g/mol. The van der Waals surface area contributed by atoms with Crippen molar-refractivity contribution in [2.45, 2.75) is 56.9 Å². The molecule has 29 heavy (non-hydrogen) atoms. The van der Waals surface area contributed by atoms with Gasteiger partial charge in [-0.15, -0.1) is 5.10 Å². The third-order valence-electron chi connectivity index (χ3n) is 5.99. The van der Waals surface area contributed by atoms with Crippen LogP contribution in [-0.2, 0) is 4.79 Å². The highest BCUT2D eigenvalue weighted by Crippen LogP contribution is 2.48. The molecule has 1 saturated heterocycles. The minimum Gasteiger partial charge on any atom is -0.348 e. The lowest BCUT2D eigenvalue weighted by Gasteiger charge is -2.39. The van der Waals surface area contributed by atoms with Gasteiger partial charge in [-0.3, -0.25) is 4.79 Å². The van der Waals surface area contributed by atoms with Crippen molar-refractivity contribution in [2.24, 2.45) is 5.10 Å². The third-order valence-corrected chi connectivity index (χ3v) is 6.82. The van der Waals surface area contributed by atoms with E-state index in [1.54, 1.807) is 11.9 Å². The van der Waals surface area contributed by atoms with Crippen LogP contribution in [0.3, 0.4) is 0 Å². The summed E-state index contributed by atoms with van der Waals surface area (Å²) in [4.78, 5) is 15.8. The number of Topliss-reactive ketones (excluding diaryl/α,β-unsaturated/α-hetero) is 1. The number of aryl methyl sites for hydroxylation is 3. The highest BCUT2D eigenvalue weighted by Gasteiger charge is 2.53. The van der Waals surface area contributed by atoms with E-state index in [1.165, 1.54) is 22.3 Å². The zero-order valence-electron chi connectivity index (χ0n) is 17.7. The average Bonchev–Trinajstić information content (AvgIpc) is 3.42. The SMILES string of the molecule is Cc1ccc(SN(C)/N=C(\c2c(C)cccc2C)N2CCC(=O)CC23CC3)cc1. The van der Waals surface area contributed by atoms with Gasteiger partial charge in [0.05, 0.1) is 0 Å². The highest BCUT2D eigenvalue weighted by atomic mass is 32.2. The molecule has 2 aliphatic rings. The fourth-order valence-corrected chi connectivity index (χ4v) is 4.94. The Morgan fingerprint density at radius 2 is 1.72 bits per heavy atom. The Bertz CT molecular complexity index is 927. The molecule has 1 aliphatic heterocycles. The van der Waals surface area contributed by atoms with Crippen molar-refractivity contribution in [2.75, 3.05) is 13.6 Å². The van der Waals surface area contributed by atoms with Gasteiger partial charge in [0, 0.05) is 54.4 Å².